The van der Waals surface area contributed by atoms with Crippen LogP contribution in [0.15, 0.2) is 36.4 Å². The third-order valence-electron chi connectivity index (χ3n) is 3.94. The van der Waals surface area contributed by atoms with Crippen LogP contribution in [0.25, 0.3) is 0 Å². The largest absolute Gasteiger partial charge is 0.493 e. The van der Waals surface area contributed by atoms with Gasteiger partial charge in [-0.25, -0.2) is 0 Å². The number of amides is 2. The van der Waals surface area contributed by atoms with Crippen LogP contribution >= 0.6 is 0 Å². The summed E-state index contributed by atoms with van der Waals surface area (Å²) >= 11 is 0. The Hall–Kier alpha value is -3.22. The summed E-state index contributed by atoms with van der Waals surface area (Å²) in [5, 5.41) is 2.80. The molecule has 0 radical (unpaired) electrons. The summed E-state index contributed by atoms with van der Waals surface area (Å²) in [6.07, 6.45) is 0. The first-order chi connectivity index (χ1) is 12.9. The van der Waals surface area contributed by atoms with Crippen LogP contribution in [0.2, 0.25) is 0 Å². The van der Waals surface area contributed by atoms with Gasteiger partial charge >= 0.3 is 0 Å². The number of rotatable bonds is 7. The van der Waals surface area contributed by atoms with Crippen molar-refractivity contribution in [3.8, 4) is 17.2 Å². The van der Waals surface area contributed by atoms with Crippen molar-refractivity contribution >= 4 is 23.2 Å². The molecule has 0 unspecified atom stereocenters. The van der Waals surface area contributed by atoms with Crippen LogP contribution < -0.4 is 24.4 Å². The van der Waals surface area contributed by atoms with Crippen LogP contribution in [0.5, 0.6) is 17.2 Å². The number of carbonyl (C=O) groups is 2. The average Bonchev–Trinajstić information content (AvgIpc) is 2.64. The maximum Gasteiger partial charge on any atom is 0.244 e. The number of aryl methyl sites for hydroxylation is 1. The Bertz CT molecular complexity index is 810. The second-order valence-corrected chi connectivity index (χ2v) is 5.91. The minimum atomic E-state index is -0.315. The molecule has 0 aliphatic heterocycles. The van der Waals surface area contributed by atoms with Crippen LogP contribution in [-0.2, 0) is 9.59 Å². The standard InChI is InChI=1S/C20H24N2O5/c1-13-7-6-8-15(9-13)21-19(24)12-22(14(2)23)16-10-17(25-3)20(27-5)18(11-16)26-4/h6-11H,12H2,1-5H3,(H,21,24). The maximum absolute atomic E-state index is 12.5. The predicted octanol–water partition coefficient (Wildman–Crippen LogP) is 3.01. The zero-order valence-corrected chi connectivity index (χ0v) is 16.2. The lowest BCUT2D eigenvalue weighted by atomic mass is 10.2. The highest BCUT2D eigenvalue weighted by Crippen LogP contribution is 2.41. The zero-order chi connectivity index (χ0) is 20.0. The molecule has 2 aromatic rings. The normalized spacial score (nSPS) is 10.1. The lowest BCUT2D eigenvalue weighted by molar-refractivity contribution is -0.120. The van der Waals surface area contributed by atoms with Gasteiger partial charge in [0.1, 0.15) is 6.54 Å². The molecule has 0 aromatic heterocycles. The maximum atomic E-state index is 12.5. The fourth-order valence-corrected chi connectivity index (χ4v) is 2.67. The monoisotopic (exact) mass is 372 g/mol. The van der Waals surface area contributed by atoms with Gasteiger partial charge in [-0.2, -0.15) is 0 Å². The molecule has 2 rings (SSSR count). The van der Waals surface area contributed by atoms with E-state index in [4.69, 9.17) is 14.2 Å². The molecule has 7 nitrogen and oxygen atoms in total. The molecular formula is C20H24N2O5. The molecule has 0 spiro atoms. The quantitative estimate of drug-likeness (QED) is 0.808. The van der Waals surface area contributed by atoms with E-state index in [1.807, 2.05) is 25.1 Å². The van der Waals surface area contributed by atoms with Gasteiger partial charge in [0.05, 0.1) is 27.0 Å². The van der Waals surface area contributed by atoms with E-state index in [9.17, 15) is 9.59 Å². The van der Waals surface area contributed by atoms with Crippen molar-refractivity contribution < 1.29 is 23.8 Å². The van der Waals surface area contributed by atoms with Crippen LogP contribution in [-0.4, -0.2) is 39.7 Å². The summed E-state index contributed by atoms with van der Waals surface area (Å²) in [5.41, 5.74) is 2.17. The molecule has 0 fully saturated rings. The van der Waals surface area contributed by atoms with E-state index in [1.165, 1.54) is 33.2 Å². The summed E-state index contributed by atoms with van der Waals surface area (Å²) in [7, 11) is 4.48. The van der Waals surface area contributed by atoms with E-state index in [1.54, 1.807) is 18.2 Å². The molecule has 0 aliphatic carbocycles. The third-order valence-corrected chi connectivity index (χ3v) is 3.94. The Morgan fingerprint density at radius 1 is 1.00 bits per heavy atom. The second-order valence-electron chi connectivity index (χ2n) is 5.91. The Morgan fingerprint density at radius 2 is 1.63 bits per heavy atom. The van der Waals surface area contributed by atoms with Gasteiger partial charge in [0.15, 0.2) is 11.5 Å². The molecule has 0 bridgehead atoms. The van der Waals surface area contributed by atoms with E-state index >= 15 is 0 Å². The molecule has 0 atom stereocenters. The van der Waals surface area contributed by atoms with Gasteiger partial charge in [-0.1, -0.05) is 12.1 Å². The number of methoxy groups -OCH3 is 3. The molecule has 1 N–H and O–H groups in total. The lowest BCUT2D eigenvalue weighted by Gasteiger charge is -2.23. The Balaban J connectivity index is 2.29. The van der Waals surface area contributed by atoms with Crippen molar-refractivity contribution in [2.75, 3.05) is 38.1 Å². The molecule has 27 heavy (non-hydrogen) atoms. The molecule has 7 heteroatoms. The Morgan fingerprint density at radius 3 is 2.11 bits per heavy atom. The lowest BCUT2D eigenvalue weighted by Crippen LogP contribution is -2.36. The highest BCUT2D eigenvalue weighted by molar-refractivity contribution is 6.02. The minimum Gasteiger partial charge on any atom is -0.493 e. The molecule has 2 aromatic carbocycles. The summed E-state index contributed by atoms with van der Waals surface area (Å²) < 4.78 is 15.9. The number of hydrogen-bond donors (Lipinski definition) is 1. The first kappa shape index (κ1) is 20.1. The molecular weight excluding hydrogens is 348 g/mol. The molecule has 0 saturated heterocycles. The van der Waals surface area contributed by atoms with Crippen LogP contribution in [0.1, 0.15) is 12.5 Å². The summed E-state index contributed by atoms with van der Waals surface area (Å²) in [5.74, 6) is 0.610. The highest BCUT2D eigenvalue weighted by Gasteiger charge is 2.21. The van der Waals surface area contributed by atoms with Gasteiger partial charge in [-0.05, 0) is 24.6 Å². The van der Waals surface area contributed by atoms with Gasteiger partial charge in [-0.15, -0.1) is 0 Å². The predicted molar refractivity (Wildman–Crippen MR) is 104 cm³/mol. The smallest absolute Gasteiger partial charge is 0.244 e. The highest BCUT2D eigenvalue weighted by atomic mass is 16.5. The zero-order valence-electron chi connectivity index (χ0n) is 16.2. The molecule has 2 amide bonds. The number of hydrogen-bond acceptors (Lipinski definition) is 5. The minimum absolute atomic E-state index is 0.151. The first-order valence-corrected chi connectivity index (χ1v) is 8.34. The van der Waals surface area contributed by atoms with E-state index in [-0.39, 0.29) is 18.4 Å². The summed E-state index contributed by atoms with van der Waals surface area (Å²) in [6, 6.07) is 10.7. The molecule has 0 heterocycles. The number of nitrogens with zero attached hydrogens (tertiary/aromatic N) is 1. The van der Waals surface area contributed by atoms with E-state index in [2.05, 4.69) is 5.32 Å². The average molecular weight is 372 g/mol. The number of anilines is 2. The van der Waals surface area contributed by atoms with Gasteiger partial charge in [-0.3, -0.25) is 9.59 Å². The summed E-state index contributed by atoms with van der Waals surface area (Å²) in [6.45, 7) is 3.18. The van der Waals surface area contributed by atoms with Crippen LogP contribution in [0.3, 0.4) is 0 Å². The van der Waals surface area contributed by atoms with Crippen molar-refractivity contribution in [3.05, 3.63) is 42.0 Å². The van der Waals surface area contributed by atoms with Gasteiger partial charge in [0.2, 0.25) is 17.6 Å². The fraction of sp³-hybridized carbons (Fsp3) is 0.300. The van der Waals surface area contributed by atoms with E-state index in [0.29, 0.717) is 28.6 Å². The Labute approximate surface area is 158 Å². The second kappa shape index (κ2) is 8.93. The van der Waals surface area contributed by atoms with Crippen molar-refractivity contribution in [1.82, 2.24) is 0 Å². The van der Waals surface area contributed by atoms with Gasteiger partial charge in [0.25, 0.3) is 0 Å². The Kier molecular flexibility index (Phi) is 6.65. The van der Waals surface area contributed by atoms with E-state index < -0.39 is 0 Å². The van der Waals surface area contributed by atoms with Crippen LogP contribution in [0, 0.1) is 6.92 Å². The van der Waals surface area contributed by atoms with Crippen molar-refractivity contribution in [2.24, 2.45) is 0 Å². The van der Waals surface area contributed by atoms with Crippen molar-refractivity contribution in [2.45, 2.75) is 13.8 Å². The van der Waals surface area contributed by atoms with Gasteiger partial charge in [0, 0.05) is 24.7 Å². The number of benzene rings is 2. The molecule has 144 valence electrons. The van der Waals surface area contributed by atoms with Crippen molar-refractivity contribution in [1.29, 1.82) is 0 Å². The number of nitrogens with one attached hydrogen (secondary N) is 1. The molecule has 0 saturated carbocycles. The summed E-state index contributed by atoms with van der Waals surface area (Å²) in [4.78, 5) is 26.0. The molecule has 0 aliphatic rings. The van der Waals surface area contributed by atoms with E-state index in [0.717, 1.165) is 5.56 Å². The van der Waals surface area contributed by atoms with Crippen molar-refractivity contribution in [3.63, 3.8) is 0 Å². The third kappa shape index (κ3) is 4.91. The van der Waals surface area contributed by atoms with Crippen LogP contribution in [0.4, 0.5) is 11.4 Å². The first-order valence-electron chi connectivity index (χ1n) is 8.34. The number of ether oxygens (including phenoxy) is 3. The van der Waals surface area contributed by atoms with Gasteiger partial charge < -0.3 is 24.4 Å². The topological polar surface area (TPSA) is 77.1 Å². The fourth-order valence-electron chi connectivity index (χ4n) is 2.67. The SMILES string of the molecule is COc1cc(N(CC(=O)Nc2cccc(C)c2)C(C)=O)cc(OC)c1OC. The number of carbonyl (C=O) groups excluding carboxylic acids is 2.